The fourth-order valence-electron chi connectivity index (χ4n) is 4.98. The third-order valence-electron chi connectivity index (χ3n) is 6.99. The maximum absolute atomic E-state index is 12.9. The van der Waals surface area contributed by atoms with Crippen molar-refractivity contribution >= 4 is 40.8 Å². The number of unbranched alkanes of at least 4 members (excludes halogenated alkanes) is 1. The van der Waals surface area contributed by atoms with E-state index >= 15 is 0 Å². The lowest BCUT2D eigenvalue weighted by molar-refractivity contribution is -0.131. The molecule has 2 aromatic rings. The quantitative estimate of drug-likeness (QED) is 0.441. The van der Waals surface area contributed by atoms with Gasteiger partial charge in [-0.25, -0.2) is 0 Å². The van der Waals surface area contributed by atoms with E-state index in [0.717, 1.165) is 50.5 Å². The summed E-state index contributed by atoms with van der Waals surface area (Å²) in [6.45, 7) is 5.32. The van der Waals surface area contributed by atoms with Gasteiger partial charge in [0, 0.05) is 25.7 Å². The molecule has 0 radical (unpaired) electrons. The maximum Gasteiger partial charge on any atom is 0.227 e. The van der Waals surface area contributed by atoms with E-state index in [0.29, 0.717) is 12.5 Å². The molecule has 1 atom stereocenters. The Hall–Kier alpha value is -1.27. The van der Waals surface area contributed by atoms with Gasteiger partial charge in [0.25, 0.3) is 0 Å². The number of rotatable bonds is 11. The molecular formula is C27H40ClN3OS. The van der Waals surface area contributed by atoms with Crippen LogP contribution in [0.2, 0.25) is 0 Å². The summed E-state index contributed by atoms with van der Waals surface area (Å²) in [6.07, 6.45) is 8.08. The standard InChI is InChI=1S/C27H39N3OS.ClH/c31-27(19-24-9-5-8-23-7-1-2-11-26(23)24)30-16-12-22(13-17-30)21-32-18-4-3-14-28-20-25-10-6-15-29-25;/h1-2,5,7-9,11,22,25,28-29H,3-4,6,10,12-21H2;1H/t25-;/m0./s1. The molecule has 0 unspecified atom stereocenters. The Morgan fingerprint density at radius 3 is 2.70 bits per heavy atom. The minimum atomic E-state index is 0. The van der Waals surface area contributed by atoms with E-state index in [4.69, 9.17) is 0 Å². The number of halogens is 1. The van der Waals surface area contributed by atoms with Crippen LogP contribution in [0.15, 0.2) is 42.5 Å². The number of nitrogens with zero attached hydrogens (tertiary/aromatic N) is 1. The van der Waals surface area contributed by atoms with Crippen LogP contribution in [0.25, 0.3) is 10.8 Å². The summed E-state index contributed by atoms with van der Waals surface area (Å²) >= 11 is 2.11. The zero-order valence-corrected chi connectivity index (χ0v) is 21.4. The molecule has 4 rings (SSSR count). The van der Waals surface area contributed by atoms with E-state index in [9.17, 15) is 4.79 Å². The van der Waals surface area contributed by atoms with Crippen molar-refractivity contribution in [2.24, 2.45) is 5.92 Å². The number of thioether (sulfide) groups is 1. The average Bonchev–Trinajstić information content (AvgIpc) is 3.35. The minimum absolute atomic E-state index is 0. The topological polar surface area (TPSA) is 44.4 Å². The molecule has 2 aromatic carbocycles. The summed E-state index contributed by atoms with van der Waals surface area (Å²) < 4.78 is 0. The average molecular weight is 490 g/mol. The number of benzene rings is 2. The van der Waals surface area contributed by atoms with Gasteiger partial charge in [-0.15, -0.1) is 12.4 Å². The third-order valence-corrected chi connectivity index (χ3v) is 8.27. The van der Waals surface area contributed by atoms with E-state index in [1.165, 1.54) is 54.5 Å². The fourth-order valence-corrected chi connectivity index (χ4v) is 6.22. The van der Waals surface area contributed by atoms with Crippen molar-refractivity contribution in [2.75, 3.05) is 44.2 Å². The Bertz CT molecular complexity index is 845. The Balaban J connectivity index is 0.00000306. The molecule has 0 spiro atoms. The van der Waals surface area contributed by atoms with Crippen LogP contribution < -0.4 is 10.6 Å². The fraction of sp³-hybridized carbons (Fsp3) is 0.593. The molecule has 6 heteroatoms. The molecule has 2 aliphatic rings. The van der Waals surface area contributed by atoms with Gasteiger partial charge < -0.3 is 15.5 Å². The van der Waals surface area contributed by atoms with Crippen molar-refractivity contribution in [3.63, 3.8) is 0 Å². The summed E-state index contributed by atoms with van der Waals surface area (Å²) in [6, 6.07) is 15.4. The molecule has 0 aromatic heterocycles. The van der Waals surface area contributed by atoms with Crippen molar-refractivity contribution in [2.45, 2.75) is 51.0 Å². The molecule has 2 heterocycles. The highest BCUT2D eigenvalue weighted by molar-refractivity contribution is 7.99. The van der Waals surface area contributed by atoms with Crippen LogP contribution in [-0.2, 0) is 11.2 Å². The molecule has 4 nitrogen and oxygen atoms in total. The van der Waals surface area contributed by atoms with Crippen LogP contribution >= 0.6 is 24.2 Å². The van der Waals surface area contributed by atoms with Crippen LogP contribution in [0.5, 0.6) is 0 Å². The van der Waals surface area contributed by atoms with Crippen molar-refractivity contribution < 1.29 is 4.79 Å². The Morgan fingerprint density at radius 2 is 1.88 bits per heavy atom. The number of carbonyl (C=O) groups excluding carboxylic acids is 1. The van der Waals surface area contributed by atoms with Gasteiger partial charge in [0.2, 0.25) is 5.91 Å². The van der Waals surface area contributed by atoms with Crippen molar-refractivity contribution in [3.8, 4) is 0 Å². The summed E-state index contributed by atoms with van der Waals surface area (Å²) in [5.74, 6) is 3.58. The Kier molecular flexibility index (Phi) is 11.3. The van der Waals surface area contributed by atoms with Crippen molar-refractivity contribution in [3.05, 3.63) is 48.0 Å². The number of hydrogen-bond donors (Lipinski definition) is 2. The molecule has 0 saturated carbocycles. The molecule has 1 amide bonds. The minimum Gasteiger partial charge on any atom is -0.342 e. The third kappa shape index (κ3) is 8.17. The predicted molar refractivity (Wildman–Crippen MR) is 145 cm³/mol. The zero-order chi connectivity index (χ0) is 22.0. The maximum atomic E-state index is 12.9. The van der Waals surface area contributed by atoms with Gasteiger partial charge in [0.1, 0.15) is 0 Å². The normalized spacial score (nSPS) is 19.0. The predicted octanol–water partition coefficient (Wildman–Crippen LogP) is 4.90. The zero-order valence-electron chi connectivity index (χ0n) is 19.8. The molecule has 2 aliphatic heterocycles. The molecule has 0 aliphatic carbocycles. The van der Waals surface area contributed by atoms with Gasteiger partial charge >= 0.3 is 0 Å². The number of carbonyl (C=O) groups is 1. The number of likely N-dealkylation sites (tertiary alicyclic amines) is 1. The summed E-state index contributed by atoms with van der Waals surface area (Å²) in [5.41, 5.74) is 1.15. The highest BCUT2D eigenvalue weighted by Gasteiger charge is 2.23. The first-order valence-corrected chi connectivity index (χ1v) is 13.7. The second-order valence-electron chi connectivity index (χ2n) is 9.42. The first kappa shape index (κ1) is 26.3. The van der Waals surface area contributed by atoms with Gasteiger partial charge in [-0.05, 0) is 85.4 Å². The largest absolute Gasteiger partial charge is 0.342 e. The second kappa shape index (κ2) is 14.2. The summed E-state index contributed by atoms with van der Waals surface area (Å²) in [5, 5.41) is 9.57. The van der Waals surface area contributed by atoms with Gasteiger partial charge in [0.15, 0.2) is 0 Å². The van der Waals surface area contributed by atoms with Crippen LogP contribution in [0.1, 0.15) is 44.1 Å². The van der Waals surface area contributed by atoms with Crippen LogP contribution in [-0.4, -0.2) is 61.1 Å². The van der Waals surface area contributed by atoms with Gasteiger partial charge in [-0.2, -0.15) is 11.8 Å². The van der Waals surface area contributed by atoms with Crippen molar-refractivity contribution in [1.82, 2.24) is 15.5 Å². The van der Waals surface area contributed by atoms with E-state index in [1.54, 1.807) is 0 Å². The second-order valence-corrected chi connectivity index (χ2v) is 10.6. The van der Waals surface area contributed by atoms with Gasteiger partial charge in [0.05, 0.1) is 6.42 Å². The number of amides is 1. The summed E-state index contributed by atoms with van der Waals surface area (Å²) in [4.78, 5) is 15.0. The lowest BCUT2D eigenvalue weighted by atomic mass is 9.97. The Labute approximate surface area is 210 Å². The van der Waals surface area contributed by atoms with E-state index in [2.05, 4.69) is 69.8 Å². The lowest BCUT2D eigenvalue weighted by Gasteiger charge is -2.32. The van der Waals surface area contributed by atoms with Crippen LogP contribution in [0.4, 0.5) is 0 Å². The van der Waals surface area contributed by atoms with E-state index in [1.807, 2.05) is 0 Å². The molecule has 182 valence electrons. The number of piperidine rings is 1. The molecule has 33 heavy (non-hydrogen) atoms. The monoisotopic (exact) mass is 489 g/mol. The van der Waals surface area contributed by atoms with E-state index in [-0.39, 0.29) is 18.3 Å². The molecule has 2 N–H and O–H groups in total. The molecule has 2 saturated heterocycles. The highest BCUT2D eigenvalue weighted by atomic mass is 35.5. The smallest absolute Gasteiger partial charge is 0.227 e. The van der Waals surface area contributed by atoms with Crippen molar-refractivity contribution in [1.29, 1.82) is 0 Å². The SMILES string of the molecule is Cl.O=C(Cc1cccc2ccccc12)N1CCC(CSCCCCNC[C@@H]2CCCN2)CC1. The molecular weight excluding hydrogens is 450 g/mol. The number of fused-ring (bicyclic) bond motifs is 1. The lowest BCUT2D eigenvalue weighted by Crippen LogP contribution is -2.39. The van der Waals surface area contributed by atoms with E-state index < -0.39 is 0 Å². The van der Waals surface area contributed by atoms with Crippen LogP contribution in [0, 0.1) is 5.92 Å². The Morgan fingerprint density at radius 1 is 1.06 bits per heavy atom. The number of hydrogen-bond acceptors (Lipinski definition) is 4. The highest BCUT2D eigenvalue weighted by Crippen LogP contribution is 2.24. The van der Waals surface area contributed by atoms with Crippen LogP contribution in [0.3, 0.4) is 0 Å². The summed E-state index contributed by atoms with van der Waals surface area (Å²) in [7, 11) is 0. The van der Waals surface area contributed by atoms with Gasteiger partial charge in [-0.1, -0.05) is 42.5 Å². The van der Waals surface area contributed by atoms with Gasteiger partial charge in [-0.3, -0.25) is 4.79 Å². The first-order chi connectivity index (χ1) is 15.8. The first-order valence-electron chi connectivity index (χ1n) is 12.6. The molecule has 2 fully saturated rings. The molecule has 0 bridgehead atoms. The number of nitrogens with one attached hydrogen (secondary N) is 2.